The summed E-state index contributed by atoms with van der Waals surface area (Å²) in [6.07, 6.45) is 3.22. The summed E-state index contributed by atoms with van der Waals surface area (Å²) in [6.45, 7) is 5.60. The van der Waals surface area contributed by atoms with Crippen LogP contribution >= 0.6 is 11.3 Å². The maximum atomic E-state index is 12.7. The molecule has 0 aliphatic rings. The van der Waals surface area contributed by atoms with Gasteiger partial charge < -0.3 is 10.0 Å². The van der Waals surface area contributed by atoms with E-state index in [9.17, 15) is 9.90 Å². The van der Waals surface area contributed by atoms with Crippen LogP contribution in [0.15, 0.2) is 36.0 Å². The molecule has 0 bridgehead atoms. The van der Waals surface area contributed by atoms with Gasteiger partial charge >= 0.3 is 0 Å². The summed E-state index contributed by atoms with van der Waals surface area (Å²) in [5.41, 5.74) is 2.83. The quantitative estimate of drug-likeness (QED) is 0.878. The van der Waals surface area contributed by atoms with Crippen molar-refractivity contribution >= 4 is 17.2 Å². The van der Waals surface area contributed by atoms with E-state index in [1.54, 1.807) is 41.8 Å². The molecule has 1 amide bonds. The summed E-state index contributed by atoms with van der Waals surface area (Å²) in [5.74, 6) is -0.00370. The maximum Gasteiger partial charge on any atom is 0.254 e. The van der Waals surface area contributed by atoms with Crippen LogP contribution in [0.25, 0.3) is 0 Å². The van der Waals surface area contributed by atoms with Gasteiger partial charge in [0.2, 0.25) is 0 Å². The van der Waals surface area contributed by atoms with Gasteiger partial charge in [0.05, 0.1) is 17.2 Å². The van der Waals surface area contributed by atoms with Gasteiger partial charge in [-0.3, -0.25) is 9.78 Å². The van der Waals surface area contributed by atoms with E-state index < -0.39 is 5.60 Å². The Kier molecular flexibility index (Phi) is 5.55. The number of hydrogen-bond acceptors (Lipinski definition) is 4. The third kappa shape index (κ3) is 4.88. The first-order valence-corrected chi connectivity index (χ1v) is 8.63. The van der Waals surface area contributed by atoms with E-state index in [4.69, 9.17) is 0 Å². The smallest absolute Gasteiger partial charge is 0.254 e. The Labute approximate surface area is 141 Å². The van der Waals surface area contributed by atoms with Gasteiger partial charge in [0.1, 0.15) is 0 Å². The summed E-state index contributed by atoms with van der Waals surface area (Å²) in [7, 11) is 1.82. The Hall–Kier alpha value is -1.72. The average molecular weight is 332 g/mol. The van der Waals surface area contributed by atoms with Crippen LogP contribution in [0.4, 0.5) is 0 Å². The normalized spacial score (nSPS) is 12.9. The third-order valence-electron chi connectivity index (χ3n) is 3.96. The summed E-state index contributed by atoms with van der Waals surface area (Å²) in [6, 6.07) is 7.65. The molecule has 124 valence electrons. The Morgan fingerprint density at radius 2 is 2.17 bits per heavy atom. The van der Waals surface area contributed by atoms with Crippen LogP contribution in [0, 0.1) is 0 Å². The molecule has 0 aliphatic heterocycles. The Balaban J connectivity index is 2.10. The van der Waals surface area contributed by atoms with Crippen LogP contribution in [0.5, 0.6) is 0 Å². The molecule has 0 aliphatic carbocycles. The van der Waals surface area contributed by atoms with E-state index in [1.165, 1.54) is 0 Å². The van der Waals surface area contributed by atoms with Crippen molar-refractivity contribution in [1.82, 2.24) is 9.88 Å². The fourth-order valence-electron chi connectivity index (χ4n) is 2.31. The minimum absolute atomic E-state index is 0.00370. The molecule has 5 heteroatoms. The molecule has 1 N–H and O–H groups in total. The number of carbonyl (C=O) groups excluding carboxylic acids is 1. The fraction of sp³-hybridized carbons (Fsp3) is 0.444. The molecule has 2 rings (SSSR count). The number of amides is 1. The van der Waals surface area contributed by atoms with E-state index in [1.807, 2.05) is 38.2 Å². The topological polar surface area (TPSA) is 53.4 Å². The number of thiazole rings is 1. The third-order valence-corrected chi connectivity index (χ3v) is 4.91. The lowest BCUT2D eigenvalue weighted by molar-refractivity contribution is 0.0714. The van der Waals surface area contributed by atoms with Crippen LogP contribution in [0.1, 0.15) is 54.0 Å². The van der Waals surface area contributed by atoms with E-state index in [0.717, 1.165) is 16.9 Å². The van der Waals surface area contributed by atoms with Crippen LogP contribution in [0.3, 0.4) is 0 Å². The molecule has 1 aromatic carbocycles. The zero-order chi connectivity index (χ0) is 17.0. The minimum atomic E-state index is -0.697. The van der Waals surface area contributed by atoms with Gasteiger partial charge in [-0.05, 0) is 51.3 Å². The molecule has 0 spiro atoms. The number of hydrogen-bond donors (Lipinski definition) is 1. The Bertz CT molecular complexity index is 647. The van der Waals surface area contributed by atoms with Crippen molar-refractivity contribution in [3.05, 3.63) is 52.0 Å². The zero-order valence-corrected chi connectivity index (χ0v) is 14.9. The molecular weight excluding hydrogens is 308 g/mol. The standard InChI is InChI=1S/C18H24N2O2S/c1-13(16-11-19-12-23-16)20(4)17(21)15-7-5-6-14(10-15)8-9-18(2,3)22/h5-7,10-13,22H,8-9H2,1-4H3. The number of nitrogens with zero attached hydrogens (tertiary/aromatic N) is 2. The molecule has 1 heterocycles. The Morgan fingerprint density at radius 1 is 1.43 bits per heavy atom. The van der Waals surface area contributed by atoms with Crippen LogP contribution in [-0.2, 0) is 6.42 Å². The first-order chi connectivity index (χ1) is 10.8. The van der Waals surface area contributed by atoms with Gasteiger partial charge in [0.15, 0.2) is 0 Å². The molecule has 2 aromatic rings. The van der Waals surface area contributed by atoms with Crippen LogP contribution < -0.4 is 0 Å². The predicted octanol–water partition coefficient (Wildman–Crippen LogP) is 3.68. The molecular formula is C18H24N2O2S. The maximum absolute atomic E-state index is 12.7. The lowest BCUT2D eigenvalue weighted by atomic mass is 9.97. The van der Waals surface area contributed by atoms with E-state index in [0.29, 0.717) is 12.0 Å². The number of benzene rings is 1. The molecule has 0 fully saturated rings. The lowest BCUT2D eigenvalue weighted by Crippen LogP contribution is -2.29. The molecule has 0 radical (unpaired) electrons. The van der Waals surface area contributed by atoms with Crippen molar-refractivity contribution in [3.8, 4) is 0 Å². The predicted molar refractivity (Wildman–Crippen MR) is 93.7 cm³/mol. The highest BCUT2D eigenvalue weighted by molar-refractivity contribution is 7.09. The number of carbonyl (C=O) groups is 1. The second kappa shape index (κ2) is 7.23. The fourth-order valence-corrected chi connectivity index (χ4v) is 3.03. The number of aryl methyl sites for hydroxylation is 1. The molecule has 0 saturated heterocycles. The van der Waals surface area contributed by atoms with Crippen LogP contribution in [0.2, 0.25) is 0 Å². The number of rotatable bonds is 6. The van der Waals surface area contributed by atoms with Gasteiger partial charge in [0, 0.05) is 23.7 Å². The summed E-state index contributed by atoms with van der Waals surface area (Å²) in [4.78, 5) is 19.6. The largest absolute Gasteiger partial charge is 0.390 e. The first-order valence-electron chi connectivity index (χ1n) is 7.75. The van der Waals surface area contributed by atoms with Gasteiger partial charge in [-0.2, -0.15) is 0 Å². The molecule has 0 saturated carbocycles. The van der Waals surface area contributed by atoms with Crippen molar-refractivity contribution in [3.63, 3.8) is 0 Å². The van der Waals surface area contributed by atoms with Crippen molar-refractivity contribution in [2.45, 2.75) is 45.3 Å². The highest BCUT2D eigenvalue weighted by atomic mass is 32.1. The molecule has 4 nitrogen and oxygen atoms in total. The molecule has 1 atom stereocenters. The second-order valence-electron chi connectivity index (χ2n) is 6.51. The summed E-state index contributed by atoms with van der Waals surface area (Å²) < 4.78 is 0. The first kappa shape index (κ1) is 17.6. The van der Waals surface area contributed by atoms with Crippen molar-refractivity contribution < 1.29 is 9.90 Å². The highest BCUT2D eigenvalue weighted by Crippen LogP contribution is 2.24. The highest BCUT2D eigenvalue weighted by Gasteiger charge is 2.20. The van der Waals surface area contributed by atoms with Crippen molar-refractivity contribution in [1.29, 1.82) is 0 Å². The monoisotopic (exact) mass is 332 g/mol. The van der Waals surface area contributed by atoms with Gasteiger partial charge in [-0.1, -0.05) is 12.1 Å². The van der Waals surface area contributed by atoms with Gasteiger partial charge in [0.25, 0.3) is 5.91 Å². The lowest BCUT2D eigenvalue weighted by Gasteiger charge is -2.24. The molecule has 23 heavy (non-hydrogen) atoms. The second-order valence-corrected chi connectivity index (χ2v) is 7.43. The summed E-state index contributed by atoms with van der Waals surface area (Å²) in [5, 5.41) is 9.84. The van der Waals surface area contributed by atoms with Crippen molar-refractivity contribution in [2.24, 2.45) is 0 Å². The Morgan fingerprint density at radius 3 is 2.78 bits per heavy atom. The number of aromatic nitrogens is 1. The molecule has 1 unspecified atom stereocenters. The van der Waals surface area contributed by atoms with Gasteiger partial charge in [-0.15, -0.1) is 11.3 Å². The van der Waals surface area contributed by atoms with Gasteiger partial charge in [-0.25, -0.2) is 0 Å². The van der Waals surface area contributed by atoms with E-state index >= 15 is 0 Å². The minimum Gasteiger partial charge on any atom is -0.390 e. The summed E-state index contributed by atoms with van der Waals surface area (Å²) >= 11 is 1.55. The van der Waals surface area contributed by atoms with E-state index in [2.05, 4.69) is 4.98 Å². The van der Waals surface area contributed by atoms with Crippen LogP contribution in [-0.4, -0.2) is 33.5 Å². The SMILES string of the molecule is CC(c1cncs1)N(C)C(=O)c1cccc(CCC(C)(C)O)c1. The van der Waals surface area contributed by atoms with Crippen molar-refractivity contribution in [2.75, 3.05) is 7.05 Å². The van der Waals surface area contributed by atoms with E-state index in [-0.39, 0.29) is 11.9 Å². The average Bonchev–Trinajstić information content (AvgIpc) is 3.05. The zero-order valence-electron chi connectivity index (χ0n) is 14.1. The molecule has 1 aromatic heterocycles. The number of aliphatic hydroxyl groups is 1.